The second kappa shape index (κ2) is 4.86. The Morgan fingerprint density at radius 3 is 2.55 bits per heavy atom. The molecular weight excluding hydrogens is 253 g/mol. The molecule has 3 rings (SSSR count). The van der Waals surface area contributed by atoms with Crippen molar-refractivity contribution >= 4 is 12.6 Å². The fourth-order valence-electron chi connectivity index (χ4n) is 2.68. The van der Waals surface area contributed by atoms with E-state index in [9.17, 15) is 0 Å². The highest BCUT2D eigenvalue weighted by Crippen LogP contribution is 2.36. The monoisotopic (exact) mass is 277 g/mol. The Morgan fingerprint density at radius 2 is 1.95 bits per heavy atom. The number of rotatable bonds is 2. The Balaban J connectivity index is 1.74. The summed E-state index contributed by atoms with van der Waals surface area (Å²) in [6.45, 7) is 9.34. The smallest absolute Gasteiger partial charge is 0.399 e. The standard InChI is InChI=1S/C14H24BN3O2/c1-13(2)14(3,4)20-15(19-13)11-9-17-18(10-11)12-7-5-6-8-16-12/h9-10,12,16H,5-8H2,1-4H3. The molecule has 0 aliphatic carbocycles. The molecule has 5 nitrogen and oxygen atoms in total. The summed E-state index contributed by atoms with van der Waals surface area (Å²) in [6.07, 6.45) is 7.85. The molecular formula is C14H24BN3O2. The van der Waals surface area contributed by atoms with E-state index in [-0.39, 0.29) is 18.3 Å². The first-order valence-corrected chi connectivity index (χ1v) is 7.52. The summed E-state index contributed by atoms with van der Waals surface area (Å²) in [4.78, 5) is 0. The van der Waals surface area contributed by atoms with Gasteiger partial charge in [0.1, 0.15) is 6.17 Å². The molecule has 2 saturated heterocycles. The Kier molecular flexibility index (Phi) is 3.43. The van der Waals surface area contributed by atoms with Gasteiger partial charge < -0.3 is 9.31 Å². The highest BCUT2D eigenvalue weighted by atomic mass is 16.7. The molecule has 6 heteroatoms. The van der Waals surface area contributed by atoms with E-state index in [2.05, 4.69) is 38.1 Å². The van der Waals surface area contributed by atoms with Gasteiger partial charge in [-0.3, -0.25) is 10.00 Å². The van der Waals surface area contributed by atoms with Gasteiger partial charge in [0.25, 0.3) is 0 Å². The number of nitrogens with zero attached hydrogens (tertiary/aromatic N) is 2. The Hall–Kier alpha value is -0.845. The molecule has 3 heterocycles. The molecule has 0 radical (unpaired) electrons. The highest BCUT2D eigenvalue weighted by molar-refractivity contribution is 6.61. The summed E-state index contributed by atoms with van der Waals surface area (Å²) in [6, 6.07) is 0. The average Bonchev–Trinajstić information content (AvgIpc) is 2.94. The highest BCUT2D eigenvalue weighted by Gasteiger charge is 2.52. The number of hydrogen-bond donors (Lipinski definition) is 1. The van der Waals surface area contributed by atoms with Gasteiger partial charge in [-0.05, 0) is 53.5 Å². The summed E-state index contributed by atoms with van der Waals surface area (Å²) in [5.74, 6) is 0. The third-order valence-electron chi connectivity index (χ3n) is 4.75. The van der Waals surface area contributed by atoms with Crippen molar-refractivity contribution in [3.05, 3.63) is 12.4 Å². The lowest BCUT2D eigenvalue weighted by Gasteiger charge is -2.32. The van der Waals surface area contributed by atoms with Gasteiger partial charge in [0.2, 0.25) is 0 Å². The van der Waals surface area contributed by atoms with E-state index >= 15 is 0 Å². The number of aromatic nitrogens is 2. The normalized spacial score (nSPS) is 28.8. The van der Waals surface area contributed by atoms with Crippen LogP contribution < -0.4 is 10.8 Å². The van der Waals surface area contributed by atoms with Gasteiger partial charge in [0.05, 0.1) is 11.2 Å². The van der Waals surface area contributed by atoms with Crippen LogP contribution in [-0.2, 0) is 9.31 Å². The SMILES string of the molecule is CC1(C)OB(c2cnn(C3CCCCN3)c2)OC1(C)C. The van der Waals surface area contributed by atoms with Crippen LogP contribution in [0.1, 0.15) is 53.1 Å². The summed E-state index contributed by atoms with van der Waals surface area (Å²) in [7, 11) is -0.322. The molecule has 0 bridgehead atoms. The summed E-state index contributed by atoms with van der Waals surface area (Å²) in [5, 5.41) is 7.96. The van der Waals surface area contributed by atoms with E-state index in [1.165, 1.54) is 12.8 Å². The lowest BCUT2D eigenvalue weighted by atomic mass is 9.82. The third-order valence-corrected chi connectivity index (χ3v) is 4.75. The van der Waals surface area contributed by atoms with Crippen molar-refractivity contribution in [2.45, 2.75) is 64.3 Å². The molecule has 1 aromatic rings. The van der Waals surface area contributed by atoms with Crippen LogP contribution in [0, 0.1) is 0 Å². The fourth-order valence-corrected chi connectivity index (χ4v) is 2.68. The van der Waals surface area contributed by atoms with Gasteiger partial charge in [-0.25, -0.2) is 0 Å². The first kappa shape index (κ1) is 14.1. The molecule has 2 aliphatic rings. The molecule has 1 N–H and O–H groups in total. The number of nitrogens with one attached hydrogen (secondary N) is 1. The molecule has 2 fully saturated rings. The van der Waals surface area contributed by atoms with Gasteiger partial charge in [-0.1, -0.05) is 0 Å². The predicted molar refractivity (Wildman–Crippen MR) is 78.8 cm³/mol. The van der Waals surface area contributed by atoms with Crippen LogP contribution in [0.25, 0.3) is 0 Å². The van der Waals surface area contributed by atoms with Crippen LogP contribution >= 0.6 is 0 Å². The van der Waals surface area contributed by atoms with Crippen molar-refractivity contribution in [3.8, 4) is 0 Å². The van der Waals surface area contributed by atoms with Crippen molar-refractivity contribution in [1.29, 1.82) is 0 Å². The average molecular weight is 277 g/mol. The molecule has 2 aliphatic heterocycles. The van der Waals surface area contributed by atoms with Crippen LogP contribution in [0.2, 0.25) is 0 Å². The molecule has 0 spiro atoms. The van der Waals surface area contributed by atoms with E-state index in [1.807, 2.05) is 17.1 Å². The second-order valence-electron chi connectivity index (χ2n) is 6.81. The van der Waals surface area contributed by atoms with Crippen molar-refractivity contribution in [1.82, 2.24) is 15.1 Å². The number of hydrogen-bond acceptors (Lipinski definition) is 4. The lowest BCUT2D eigenvalue weighted by molar-refractivity contribution is 0.00578. The van der Waals surface area contributed by atoms with Gasteiger partial charge >= 0.3 is 7.12 Å². The van der Waals surface area contributed by atoms with Crippen LogP contribution in [0.5, 0.6) is 0 Å². The summed E-state index contributed by atoms with van der Waals surface area (Å²) >= 11 is 0. The molecule has 1 aromatic heterocycles. The Labute approximate surface area is 121 Å². The molecule has 20 heavy (non-hydrogen) atoms. The lowest BCUT2D eigenvalue weighted by Crippen LogP contribution is -2.41. The van der Waals surface area contributed by atoms with Crippen molar-refractivity contribution in [2.75, 3.05) is 6.54 Å². The Morgan fingerprint density at radius 1 is 1.25 bits per heavy atom. The van der Waals surface area contributed by atoms with E-state index in [4.69, 9.17) is 9.31 Å². The molecule has 0 saturated carbocycles. The first-order chi connectivity index (χ1) is 9.39. The van der Waals surface area contributed by atoms with Gasteiger partial charge in [-0.2, -0.15) is 5.10 Å². The Bertz CT molecular complexity index is 465. The zero-order valence-electron chi connectivity index (χ0n) is 12.8. The zero-order valence-corrected chi connectivity index (χ0v) is 12.8. The second-order valence-corrected chi connectivity index (χ2v) is 6.81. The fraction of sp³-hybridized carbons (Fsp3) is 0.786. The van der Waals surface area contributed by atoms with Crippen molar-refractivity contribution in [2.24, 2.45) is 0 Å². The molecule has 110 valence electrons. The maximum atomic E-state index is 6.05. The van der Waals surface area contributed by atoms with Crippen molar-refractivity contribution in [3.63, 3.8) is 0 Å². The molecule has 0 aromatic carbocycles. The maximum absolute atomic E-state index is 6.05. The van der Waals surface area contributed by atoms with Crippen LogP contribution in [-0.4, -0.2) is 34.6 Å². The minimum atomic E-state index is -0.322. The minimum absolute atomic E-state index is 0.303. The van der Waals surface area contributed by atoms with Gasteiger partial charge in [0, 0.05) is 17.9 Å². The zero-order chi connectivity index (χ0) is 14.4. The first-order valence-electron chi connectivity index (χ1n) is 7.52. The quantitative estimate of drug-likeness (QED) is 0.831. The molecule has 0 amide bonds. The van der Waals surface area contributed by atoms with E-state index in [1.54, 1.807) is 0 Å². The van der Waals surface area contributed by atoms with E-state index in [0.29, 0.717) is 6.17 Å². The molecule has 1 unspecified atom stereocenters. The van der Waals surface area contributed by atoms with E-state index in [0.717, 1.165) is 18.4 Å². The van der Waals surface area contributed by atoms with Crippen LogP contribution in [0.3, 0.4) is 0 Å². The van der Waals surface area contributed by atoms with Crippen LogP contribution in [0.15, 0.2) is 12.4 Å². The van der Waals surface area contributed by atoms with Crippen molar-refractivity contribution < 1.29 is 9.31 Å². The predicted octanol–water partition coefficient (Wildman–Crippen LogP) is 1.45. The minimum Gasteiger partial charge on any atom is -0.399 e. The largest absolute Gasteiger partial charge is 0.498 e. The maximum Gasteiger partial charge on any atom is 0.498 e. The number of piperidine rings is 1. The third kappa shape index (κ3) is 2.40. The molecule has 1 atom stereocenters. The summed E-state index contributed by atoms with van der Waals surface area (Å²) < 4.78 is 14.1. The van der Waals surface area contributed by atoms with E-state index < -0.39 is 0 Å². The van der Waals surface area contributed by atoms with Gasteiger partial charge in [0.15, 0.2) is 0 Å². The van der Waals surface area contributed by atoms with Crippen LogP contribution in [0.4, 0.5) is 0 Å². The van der Waals surface area contributed by atoms with Gasteiger partial charge in [-0.15, -0.1) is 0 Å². The topological polar surface area (TPSA) is 48.3 Å². The summed E-state index contributed by atoms with van der Waals surface area (Å²) in [5.41, 5.74) is 0.391.